The summed E-state index contributed by atoms with van der Waals surface area (Å²) in [4.78, 5) is 24.8. The van der Waals surface area contributed by atoms with Crippen molar-refractivity contribution in [3.63, 3.8) is 0 Å². The van der Waals surface area contributed by atoms with E-state index in [1.54, 1.807) is 0 Å². The van der Waals surface area contributed by atoms with Gasteiger partial charge >= 0.3 is 11.9 Å². The molecule has 89 heavy (non-hydrogen) atoms. The molecule has 0 fully saturated rings. The van der Waals surface area contributed by atoms with Crippen molar-refractivity contribution >= 4 is 11.9 Å². The monoisotopic (exact) mass is 1270 g/mol. The van der Waals surface area contributed by atoms with Crippen LogP contribution in [0, 0.1) is 11.8 Å². The minimum Gasteiger partial charge on any atom is -0.463 e. The van der Waals surface area contributed by atoms with Gasteiger partial charge in [0.2, 0.25) is 0 Å². The fourth-order valence-electron chi connectivity index (χ4n) is 7.81. The highest BCUT2D eigenvalue weighted by Crippen LogP contribution is 2.20. The molecule has 0 saturated carbocycles. The Labute approximate surface area is 532 Å². The lowest BCUT2D eigenvalue weighted by Gasteiger charge is -2.13. The quantitative estimate of drug-likeness (QED) is 0.0516. The molecule has 0 aliphatic heterocycles. The van der Waals surface area contributed by atoms with E-state index in [0.717, 1.165) is 24.0 Å². The Morgan fingerprint density at radius 2 is 0.360 bits per heavy atom. The number of benzene rings is 2. The smallest absolute Gasteiger partial charge is 0.313 e. The first-order valence-electron chi connectivity index (χ1n) is 32.1. The summed E-state index contributed by atoms with van der Waals surface area (Å²) in [6.45, 7) is 30.4. The lowest BCUT2D eigenvalue weighted by molar-refractivity contribution is -0.147. The van der Waals surface area contributed by atoms with Crippen LogP contribution in [0.3, 0.4) is 0 Å². The van der Waals surface area contributed by atoms with Crippen molar-refractivity contribution in [1.29, 1.82) is 0 Å². The van der Waals surface area contributed by atoms with Crippen LogP contribution in [0.1, 0.15) is 75.6 Å². The molecule has 2 unspecified atom stereocenters. The van der Waals surface area contributed by atoms with Crippen molar-refractivity contribution in [3.8, 4) is 0 Å². The molecule has 0 aliphatic carbocycles. The second-order valence-corrected chi connectivity index (χ2v) is 21.1. The SMILES string of the molecule is CC(C)Cc1ccc(C(C)C(=O)OCCOCCOCCOCCOCCOCCOCCOCCOCCOCCOCCOCCOCCOCCOCCOCCOCCOCCOCCOCCOC(=O)C(C)c2ccc(CC(C)C)cc2)cc1. The van der Waals surface area contributed by atoms with E-state index < -0.39 is 0 Å². The maximum absolute atomic E-state index is 12.4. The molecule has 2 aromatic carbocycles. The third-order valence-corrected chi connectivity index (χ3v) is 12.6. The van der Waals surface area contributed by atoms with Crippen LogP contribution in [0.25, 0.3) is 0 Å². The average Bonchev–Trinajstić information content (AvgIpc) is 3.66. The Kier molecular flexibility index (Phi) is 57.0. The maximum atomic E-state index is 12.4. The second-order valence-electron chi connectivity index (χ2n) is 21.1. The summed E-state index contributed by atoms with van der Waals surface area (Å²) < 4.78 is 116. The molecule has 2 aromatic rings. The largest absolute Gasteiger partial charge is 0.463 e. The molecule has 2 rings (SSSR count). The van der Waals surface area contributed by atoms with E-state index in [0.29, 0.717) is 263 Å². The van der Waals surface area contributed by atoms with Gasteiger partial charge < -0.3 is 99.5 Å². The predicted octanol–water partition coefficient (Wildman–Crippen LogP) is 6.39. The van der Waals surface area contributed by atoms with Gasteiger partial charge in [-0.25, -0.2) is 0 Å². The molecule has 23 heteroatoms. The highest BCUT2D eigenvalue weighted by molar-refractivity contribution is 5.78. The van der Waals surface area contributed by atoms with E-state index in [4.69, 9.17) is 99.5 Å². The molecule has 23 nitrogen and oxygen atoms in total. The number of hydrogen-bond acceptors (Lipinski definition) is 23. The fraction of sp³-hybridized carbons (Fsp3) is 0.788. The summed E-state index contributed by atoms with van der Waals surface area (Å²) in [6, 6.07) is 16.4. The Bertz CT molecular complexity index is 1700. The van der Waals surface area contributed by atoms with Crippen LogP contribution < -0.4 is 0 Å². The molecule has 0 N–H and O–H groups in total. The normalized spacial score (nSPS) is 12.4. The van der Waals surface area contributed by atoms with Crippen molar-refractivity contribution in [2.24, 2.45) is 11.8 Å². The number of esters is 2. The van der Waals surface area contributed by atoms with E-state index in [2.05, 4.69) is 52.0 Å². The zero-order chi connectivity index (χ0) is 64.0. The van der Waals surface area contributed by atoms with Gasteiger partial charge in [0.15, 0.2) is 0 Å². The molecular weight excluding hydrogens is 1160 g/mol. The van der Waals surface area contributed by atoms with Crippen molar-refractivity contribution in [3.05, 3.63) is 70.8 Å². The highest BCUT2D eigenvalue weighted by Gasteiger charge is 2.18. The molecule has 516 valence electrons. The number of hydrogen-bond donors (Lipinski definition) is 0. The topological polar surface area (TPSA) is 228 Å². The molecule has 0 aliphatic rings. The van der Waals surface area contributed by atoms with Crippen LogP contribution in [0.2, 0.25) is 0 Å². The Hall–Kier alpha value is -3.38. The van der Waals surface area contributed by atoms with Crippen LogP contribution in [0.5, 0.6) is 0 Å². The molecule has 0 spiro atoms. The van der Waals surface area contributed by atoms with Crippen molar-refractivity contribution in [2.45, 2.75) is 66.2 Å². The maximum Gasteiger partial charge on any atom is 0.313 e. The second kappa shape index (κ2) is 62.1. The summed E-state index contributed by atoms with van der Waals surface area (Å²) in [5, 5.41) is 0. The molecular formula is C66H114O23. The predicted molar refractivity (Wildman–Crippen MR) is 334 cm³/mol. The molecule has 0 heterocycles. The lowest BCUT2D eigenvalue weighted by atomic mass is 9.97. The third kappa shape index (κ3) is 52.8. The molecule has 0 amide bonds. The van der Waals surface area contributed by atoms with Crippen molar-refractivity contribution < 1.29 is 109 Å². The number of carbonyl (C=O) groups excluding carboxylic acids is 2. The van der Waals surface area contributed by atoms with Crippen LogP contribution in [-0.4, -0.2) is 276 Å². The van der Waals surface area contributed by atoms with Gasteiger partial charge in [-0.05, 0) is 60.8 Å². The van der Waals surface area contributed by atoms with Gasteiger partial charge in [0.05, 0.1) is 263 Å². The van der Waals surface area contributed by atoms with Gasteiger partial charge in [0.1, 0.15) is 13.2 Å². The fourth-order valence-corrected chi connectivity index (χ4v) is 7.81. The van der Waals surface area contributed by atoms with Crippen LogP contribution in [0.15, 0.2) is 48.5 Å². The minimum absolute atomic E-state index is 0.207. The number of carbonyl (C=O) groups is 2. The number of rotatable bonds is 68. The Morgan fingerprint density at radius 3 is 0.494 bits per heavy atom. The minimum atomic E-state index is -0.321. The van der Waals surface area contributed by atoms with E-state index in [9.17, 15) is 9.59 Å². The van der Waals surface area contributed by atoms with Crippen LogP contribution in [-0.2, 0) is 122 Å². The van der Waals surface area contributed by atoms with Crippen molar-refractivity contribution in [2.75, 3.05) is 264 Å². The zero-order valence-electron chi connectivity index (χ0n) is 55.0. The third-order valence-electron chi connectivity index (χ3n) is 12.6. The lowest BCUT2D eigenvalue weighted by Crippen LogP contribution is -2.17. The first-order chi connectivity index (χ1) is 43.7. The average molecular weight is 1280 g/mol. The molecule has 0 saturated heterocycles. The van der Waals surface area contributed by atoms with E-state index in [1.807, 2.05) is 38.1 Å². The first-order valence-corrected chi connectivity index (χ1v) is 32.1. The molecule has 0 aromatic heterocycles. The summed E-state index contributed by atoms with van der Waals surface area (Å²) in [5.74, 6) is 0.0314. The highest BCUT2D eigenvalue weighted by atomic mass is 16.6. The van der Waals surface area contributed by atoms with Crippen molar-refractivity contribution in [1.82, 2.24) is 0 Å². The first kappa shape index (κ1) is 81.7. The number of ether oxygens (including phenoxy) is 21. The van der Waals surface area contributed by atoms with Gasteiger partial charge in [0, 0.05) is 0 Å². The summed E-state index contributed by atoms with van der Waals surface area (Å²) in [5.41, 5.74) is 4.44. The Morgan fingerprint density at radius 1 is 0.225 bits per heavy atom. The van der Waals surface area contributed by atoms with Gasteiger partial charge in [-0.1, -0.05) is 76.2 Å². The van der Waals surface area contributed by atoms with Gasteiger partial charge in [0.25, 0.3) is 0 Å². The van der Waals surface area contributed by atoms with E-state index >= 15 is 0 Å². The summed E-state index contributed by atoms with van der Waals surface area (Å²) >= 11 is 0. The molecule has 0 radical (unpaired) electrons. The van der Waals surface area contributed by atoms with Crippen LogP contribution in [0.4, 0.5) is 0 Å². The Balaban J connectivity index is 1.13. The summed E-state index contributed by atoms with van der Waals surface area (Å²) in [6.07, 6.45) is 2.04. The molecule has 2 atom stereocenters. The summed E-state index contributed by atoms with van der Waals surface area (Å²) in [7, 11) is 0. The zero-order valence-corrected chi connectivity index (χ0v) is 55.0. The standard InChI is InChI=1S/C66H114O23/c1-57(2)55-61-7-11-63(12-8-61)59(5)65(67)88-53-51-86-49-47-84-45-43-82-41-39-80-37-35-78-33-31-76-29-27-74-25-23-72-21-19-70-17-15-69-16-18-71-20-22-73-24-26-75-28-30-77-32-34-79-36-38-81-40-42-83-44-46-85-48-50-87-52-54-89-66(68)60(6)64-13-9-62(10-14-64)56-58(3)4/h7-14,57-60H,15-56H2,1-6H3. The van der Waals surface area contributed by atoms with Gasteiger partial charge in [-0.2, -0.15) is 0 Å². The van der Waals surface area contributed by atoms with E-state index in [-0.39, 0.29) is 37.0 Å². The van der Waals surface area contributed by atoms with Gasteiger partial charge in [-0.15, -0.1) is 0 Å². The van der Waals surface area contributed by atoms with E-state index in [1.165, 1.54) is 11.1 Å². The van der Waals surface area contributed by atoms with Gasteiger partial charge in [-0.3, -0.25) is 9.59 Å². The molecule has 0 bridgehead atoms. The van der Waals surface area contributed by atoms with Crippen LogP contribution >= 0.6 is 0 Å².